The van der Waals surface area contributed by atoms with Crippen molar-refractivity contribution >= 4 is 5.97 Å². The number of allylic oxidation sites excluding steroid dienone is 2. The van der Waals surface area contributed by atoms with Crippen LogP contribution >= 0.6 is 0 Å². The molecule has 0 radical (unpaired) electrons. The Balaban J connectivity index is 1.84. The van der Waals surface area contributed by atoms with Gasteiger partial charge in [0.25, 0.3) is 0 Å². The molecule has 0 saturated heterocycles. The number of carbonyl (C=O) groups is 1. The summed E-state index contributed by atoms with van der Waals surface area (Å²) >= 11 is 0. The first kappa shape index (κ1) is 19.4. The zero-order chi connectivity index (χ0) is 19.9. The van der Waals surface area contributed by atoms with E-state index in [1.807, 2.05) is 67.1 Å². The lowest BCUT2D eigenvalue weighted by atomic mass is 9.98. The molecule has 0 fully saturated rings. The van der Waals surface area contributed by atoms with Crippen LogP contribution in [0.2, 0.25) is 0 Å². The number of aromatic carboxylic acids is 1. The van der Waals surface area contributed by atoms with Crippen LogP contribution in [0.3, 0.4) is 0 Å². The van der Waals surface area contributed by atoms with Gasteiger partial charge >= 0.3 is 12.0 Å². The second-order valence-electron chi connectivity index (χ2n) is 6.22. The lowest BCUT2D eigenvalue weighted by Gasteiger charge is -2.08. The molecule has 3 aromatic rings. The monoisotopic (exact) mass is 377 g/mol. The number of benzene rings is 2. The Hall–Kier alpha value is -3.41. The maximum Gasteiger partial charge on any atom is 0.336 e. The minimum atomic E-state index is -0.930. The van der Waals surface area contributed by atoms with Gasteiger partial charge in [0.05, 0.1) is 18.7 Å². The summed E-state index contributed by atoms with van der Waals surface area (Å²) < 4.78 is 7.27. The molecule has 0 aliphatic carbocycles. The highest BCUT2D eigenvalue weighted by molar-refractivity contribution is 5.95. The number of ether oxygens (including phenoxy) is 1. The predicted octanol–water partition coefficient (Wildman–Crippen LogP) is 4.21. The summed E-state index contributed by atoms with van der Waals surface area (Å²) in [4.78, 5) is 15.9. The summed E-state index contributed by atoms with van der Waals surface area (Å²) in [6.45, 7) is 5.02. The highest BCUT2D eigenvalue weighted by Crippen LogP contribution is 2.24. The fourth-order valence-corrected chi connectivity index (χ4v) is 2.93. The Kier molecular flexibility index (Phi) is 6.22. The maximum atomic E-state index is 11.4. The molecular formula is C22H23N3O3. The standard InChI is InChI=1S/C22H23N3O3/c1-3-5-14-25-20(23-22(24-25)28-4-2)15-16-10-12-17(13-11-16)18-8-6-7-9-19(18)21(26)27/h3,5-13H,4,14-15H2,1-2H3,(H,26,27)/b5-3+. The first-order valence-corrected chi connectivity index (χ1v) is 9.21. The molecule has 0 unspecified atom stereocenters. The van der Waals surface area contributed by atoms with Gasteiger partial charge in [-0.3, -0.25) is 0 Å². The quantitative estimate of drug-likeness (QED) is 0.595. The molecule has 6 nitrogen and oxygen atoms in total. The third-order valence-electron chi connectivity index (χ3n) is 4.30. The van der Waals surface area contributed by atoms with E-state index in [1.54, 1.807) is 12.1 Å². The van der Waals surface area contributed by atoms with E-state index < -0.39 is 5.97 Å². The zero-order valence-corrected chi connectivity index (χ0v) is 16.0. The molecule has 1 heterocycles. The minimum Gasteiger partial charge on any atom is -0.478 e. The molecule has 1 aromatic heterocycles. The van der Waals surface area contributed by atoms with Crippen molar-refractivity contribution in [1.82, 2.24) is 14.8 Å². The summed E-state index contributed by atoms with van der Waals surface area (Å²) in [5, 5.41) is 13.8. The molecule has 3 rings (SSSR count). The normalized spacial score (nSPS) is 11.1. The summed E-state index contributed by atoms with van der Waals surface area (Å²) in [6.07, 6.45) is 4.60. The highest BCUT2D eigenvalue weighted by Gasteiger charge is 2.13. The van der Waals surface area contributed by atoms with Crippen molar-refractivity contribution in [3.8, 4) is 17.1 Å². The van der Waals surface area contributed by atoms with Crippen LogP contribution in [0.1, 0.15) is 35.6 Å². The molecule has 2 aromatic carbocycles. The Bertz CT molecular complexity index is 975. The average Bonchev–Trinajstić information content (AvgIpc) is 3.08. The van der Waals surface area contributed by atoms with Crippen LogP contribution in [-0.2, 0) is 13.0 Å². The first-order valence-electron chi connectivity index (χ1n) is 9.21. The number of nitrogens with zero attached hydrogens (tertiary/aromatic N) is 3. The molecule has 1 N–H and O–H groups in total. The Morgan fingerprint density at radius 2 is 1.93 bits per heavy atom. The number of hydrogen-bond donors (Lipinski definition) is 1. The number of rotatable bonds is 8. The van der Waals surface area contributed by atoms with Crippen molar-refractivity contribution in [2.45, 2.75) is 26.8 Å². The van der Waals surface area contributed by atoms with Gasteiger partial charge in [-0.15, -0.1) is 5.10 Å². The van der Waals surface area contributed by atoms with Gasteiger partial charge in [0, 0.05) is 6.42 Å². The van der Waals surface area contributed by atoms with E-state index >= 15 is 0 Å². The molecule has 28 heavy (non-hydrogen) atoms. The van der Waals surface area contributed by atoms with Crippen molar-refractivity contribution < 1.29 is 14.6 Å². The smallest absolute Gasteiger partial charge is 0.336 e. The molecule has 6 heteroatoms. The van der Waals surface area contributed by atoms with E-state index in [0.29, 0.717) is 36.7 Å². The second-order valence-corrected chi connectivity index (χ2v) is 6.22. The van der Waals surface area contributed by atoms with Crippen LogP contribution in [0.25, 0.3) is 11.1 Å². The Morgan fingerprint density at radius 3 is 2.61 bits per heavy atom. The van der Waals surface area contributed by atoms with E-state index in [9.17, 15) is 9.90 Å². The Labute approximate surface area is 164 Å². The third-order valence-corrected chi connectivity index (χ3v) is 4.30. The highest BCUT2D eigenvalue weighted by atomic mass is 16.5. The van der Waals surface area contributed by atoms with E-state index in [-0.39, 0.29) is 0 Å². The summed E-state index contributed by atoms with van der Waals surface area (Å²) in [7, 11) is 0. The van der Waals surface area contributed by atoms with Gasteiger partial charge in [0.15, 0.2) is 0 Å². The van der Waals surface area contributed by atoms with E-state index in [0.717, 1.165) is 17.0 Å². The molecule has 0 bridgehead atoms. The number of aromatic nitrogens is 3. The fourth-order valence-electron chi connectivity index (χ4n) is 2.93. The van der Waals surface area contributed by atoms with Crippen LogP contribution in [0.4, 0.5) is 0 Å². The zero-order valence-electron chi connectivity index (χ0n) is 16.0. The summed E-state index contributed by atoms with van der Waals surface area (Å²) in [5.74, 6) is -0.111. The largest absolute Gasteiger partial charge is 0.478 e. The third kappa shape index (κ3) is 4.46. The topological polar surface area (TPSA) is 77.2 Å². The van der Waals surface area contributed by atoms with Gasteiger partial charge < -0.3 is 9.84 Å². The molecule has 0 atom stereocenters. The first-order chi connectivity index (χ1) is 13.6. The summed E-state index contributed by atoms with van der Waals surface area (Å²) in [6, 6.07) is 15.2. The Morgan fingerprint density at radius 1 is 1.18 bits per heavy atom. The van der Waals surface area contributed by atoms with E-state index in [2.05, 4.69) is 10.1 Å². The van der Waals surface area contributed by atoms with Gasteiger partial charge in [-0.05, 0) is 36.6 Å². The molecule has 0 aliphatic heterocycles. The lowest BCUT2D eigenvalue weighted by Crippen LogP contribution is -2.05. The number of carboxylic acids is 1. The fraction of sp³-hybridized carbons (Fsp3) is 0.227. The van der Waals surface area contributed by atoms with Crippen molar-refractivity contribution in [2.75, 3.05) is 6.61 Å². The second kappa shape index (κ2) is 8.99. The summed E-state index contributed by atoms with van der Waals surface area (Å²) in [5.41, 5.74) is 2.93. The van der Waals surface area contributed by atoms with Crippen molar-refractivity contribution in [2.24, 2.45) is 0 Å². The van der Waals surface area contributed by atoms with Gasteiger partial charge in [-0.25, -0.2) is 9.48 Å². The van der Waals surface area contributed by atoms with Gasteiger partial charge in [0.2, 0.25) is 0 Å². The maximum absolute atomic E-state index is 11.4. The van der Waals surface area contributed by atoms with Crippen LogP contribution in [0.15, 0.2) is 60.7 Å². The van der Waals surface area contributed by atoms with E-state index in [1.165, 1.54) is 0 Å². The SMILES string of the molecule is C/C=C/Cn1nc(OCC)nc1Cc1ccc(-c2ccccc2C(=O)O)cc1. The molecular weight excluding hydrogens is 354 g/mol. The molecule has 0 amide bonds. The van der Waals surface area contributed by atoms with Gasteiger partial charge in [-0.2, -0.15) is 4.98 Å². The predicted molar refractivity (Wildman–Crippen MR) is 108 cm³/mol. The van der Waals surface area contributed by atoms with Crippen LogP contribution < -0.4 is 4.74 Å². The minimum absolute atomic E-state index is 0.294. The molecule has 0 saturated carbocycles. The molecule has 0 aliphatic rings. The lowest BCUT2D eigenvalue weighted by molar-refractivity contribution is 0.0697. The molecule has 0 spiro atoms. The van der Waals surface area contributed by atoms with Gasteiger partial charge in [0.1, 0.15) is 5.82 Å². The number of hydrogen-bond acceptors (Lipinski definition) is 4. The van der Waals surface area contributed by atoms with Crippen molar-refractivity contribution in [1.29, 1.82) is 0 Å². The van der Waals surface area contributed by atoms with Crippen LogP contribution in [-0.4, -0.2) is 32.4 Å². The van der Waals surface area contributed by atoms with E-state index in [4.69, 9.17) is 4.74 Å². The molecule has 144 valence electrons. The number of carboxylic acid groups (broad SMARTS) is 1. The van der Waals surface area contributed by atoms with Gasteiger partial charge in [-0.1, -0.05) is 54.6 Å². The van der Waals surface area contributed by atoms with Crippen LogP contribution in [0, 0.1) is 0 Å². The van der Waals surface area contributed by atoms with Crippen molar-refractivity contribution in [3.63, 3.8) is 0 Å². The van der Waals surface area contributed by atoms with Crippen molar-refractivity contribution in [3.05, 3.63) is 77.6 Å². The van der Waals surface area contributed by atoms with Crippen LogP contribution in [0.5, 0.6) is 6.01 Å². The average molecular weight is 377 g/mol.